The SMILES string of the molecule is O=C(Cc1ccc(Br)cc1)Nc1cccc2[nH]c(=O)c(C(=O)NCCc3ccccc3)cc12. The largest absolute Gasteiger partial charge is 0.352 e. The summed E-state index contributed by atoms with van der Waals surface area (Å²) in [5, 5.41) is 6.29. The number of pyridine rings is 1. The van der Waals surface area contributed by atoms with Crippen LogP contribution in [0.2, 0.25) is 0 Å². The summed E-state index contributed by atoms with van der Waals surface area (Å²) in [4.78, 5) is 40.5. The lowest BCUT2D eigenvalue weighted by Crippen LogP contribution is -2.31. The maximum atomic E-state index is 12.7. The Balaban J connectivity index is 1.50. The molecular weight excluding hydrogens is 482 g/mol. The van der Waals surface area contributed by atoms with E-state index < -0.39 is 11.5 Å². The van der Waals surface area contributed by atoms with E-state index in [-0.39, 0.29) is 17.9 Å². The third kappa shape index (κ3) is 5.75. The number of halogens is 1. The van der Waals surface area contributed by atoms with Crippen molar-refractivity contribution < 1.29 is 9.59 Å². The van der Waals surface area contributed by atoms with Gasteiger partial charge >= 0.3 is 0 Å². The fourth-order valence-electron chi connectivity index (χ4n) is 3.55. The number of amides is 2. The van der Waals surface area contributed by atoms with E-state index in [1.165, 1.54) is 6.07 Å². The molecule has 0 atom stereocenters. The van der Waals surface area contributed by atoms with Crippen molar-refractivity contribution in [2.24, 2.45) is 0 Å². The Hall–Kier alpha value is -3.71. The van der Waals surface area contributed by atoms with Crippen molar-refractivity contribution in [2.45, 2.75) is 12.8 Å². The molecule has 33 heavy (non-hydrogen) atoms. The quantitative estimate of drug-likeness (QED) is 0.348. The van der Waals surface area contributed by atoms with Gasteiger partial charge in [0.15, 0.2) is 0 Å². The summed E-state index contributed by atoms with van der Waals surface area (Å²) in [5.74, 6) is -0.644. The Bertz CT molecular complexity index is 1350. The van der Waals surface area contributed by atoms with E-state index in [1.807, 2.05) is 54.6 Å². The monoisotopic (exact) mass is 503 g/mol. The highest BCUT2D eigenvalue weighted by molar-refractivity contribution is 9.10. The third-order valence-corrected chi connectivity index (χ3v) is 5.76. The molecule has 0 saturated heterocycles. The van der Waals surface area contributed by atoms with E-state index in [4.69, 9.17) is 0 Å². The molecule has 3 aromatic carbocycles. The van der Waals surface area contributed by atoms with Crippen LogP contribution in [0.15, 0.2) is 88.1 Å². The van der Waals surface area contributed by atoms with Gasteiger partial charge < -0.3 is 15.6 Å². The van der Waals surface area contributed by atoms with Crippen molar-refractivity contribution in [3.63, 3.8) is 0 Å². The molecule has 4 rings (SSSR count). The topological polar surface area (TPSA) is 91.1 Å². The van der Waals surface area contributed by atoms with E-state index in [9.17, 15) is 14.4 Å². The number of aromatic amines is 1. The van der Waals surface area contributed by atoms with E-state index in [1.54, 1.807) is 18.2 Å². The molecule has 0 bridgehead atoms. The lowest BCUT2D eigenvalue weighted by molar-refractivity contribution is -0.115. The second-order valence-corrected chi connectivity index (χ2v) is 8.54. The van der Waals surface area contributed by atoms with Gasteiger partial charge in [0.1, 0.15) is 5.56 Å². The Morgan fingerprint density at radius 2 is 1.64 bits per heavy atom. The van der Waals surface area contributed by atoms with Gasteiger partial charge in [-0.2, -0.15) is 0 Å². The first-order valence-corrected chi connectivity index (χ1v) is 11.3. The minimum Gasteiger partial charge on any atom is -0.352 e. The Labute approximate surface area is 199 Å². The molecule has 0 aliphatic heterocycles. The minimum atomic E-state index is -0.474. The van der Waals surface area contributed by atoms with Crippen LogP contribution in [0.4, 0.5) is 5.69 Å². The molecule has 0 fully saturated rings. The molecule has 4 aromatic rings. The predicted octanol–water partition coefficient (Wildman–Crippen LogP) is 4.44. The lowest BCUT2D eigenvalue weighted by atomic mass is 10.1. The van der Waals surface area contributed by atoms with Crippen LogP contribution in [-0.2, 0) is 17.6 Å². The second-order valence-electron chi connectivity index (χ2n) is 7.62. The summed E-state index contributed by atoms with van der Waals surface area (Å²) in [7, 11) is 0. The smallest absolute Gasteiger partial charge is 0.261 e. The van der Waals surface area contributed by atoms with Gasteiger partial charge in [0.25, 0.3) is 11.5 Å². The van der Waals surface area contributed by atoms with Crippen LogP contribution in [-0.4, -0.2) is 23.3 Å². The molecule has 1 aromatic heterocycles. The average molecular weight is 504 g/mol. The van der Waals surface area contributed by atoms with Crippen LogP contribution in [0.3, 0.4) is 0 Å². The first-order chi connectivity index (χ1) is 16.0. The normalized spacial score (nSPS) is 10.7. The van der Waals surface area contributed by atoms with Gasteiger partial charge in [-0.05, 0) is 47.9 Å². The van der Waals surface area contributed by atoms with Gasteiger partial charge in [0.2, 0.25) is 5.91 Å². The van der Waals surface area contributed by atoms with E-state index in [0.29, 0.717) is 29.6 Å². The van der Waals surface area contributed by atoms with Crippen molar-refractivity contribution in [3.8, 4) is 0 Å². The molecule has 166 valence electrons. The summed E-state index contributed by atoms with van der Waals surface area (Å²) in [6.45, 7) is 0.409. The number of carbonyl (C=O) groups excluding carboxylic acids is 2. The number of rotatable bonds is 7. The number of fused-ring (bicyclic) bond motifs is 1. The molecule has 0 radical (unpaired) electrons. The molecule has 0 unspecified atom stereocenters. The predicted molar refractivity (Wildman–Crippen MR) is 134 cm³/mol. The molecule has 1 heterocycles. The van der Waals surface area contributed by atoms with Crippen LogP contribution >= 0.6 is 15.9 Å². The Morgan fingerprint density at radius 3 is 2.39 bits per heavy atom. The summed E-state index contributed by atoms with van der Waals surface area (Å²) in [5.41, 5.74) is 2.58. The van der Waals surface area contributed by atoms with Crippen molar-refractivity contribution in [1.82, 2.24) is 10.3 Å². The van der Waals surface area contributed by atoms with Crippen LogP contribution in [0.1, 0.15) is 21.5 Å². The van der Waals surface area contributed by atoms with Gasteiger partial charge in [-0.15, -0.1) is 0 Å². The van der Waals surface area contributed by atoms with Gasteiger partial charge in [0.05, 0.1) is 17.6 Å². The maximum Gasteiger partial charge on any atom is 0.261 e. The highest BCUT2D eigenvalue weighted by Gasteiger charge is 2.14. The van der Waals surface area contributed by atoms with Crippen molar-refractivity contribution in [3.05, 3.63) is 110 Å². The Morgan fingerprint density at radius 1 is 0.879 bits per heavy atom. The van der Waals surface area contributed by atoms with Crippen molar-refractivity contribution in [1.29, 1.82) is 0 Å². The van der Waals surface area contributed by atoms with Crippen LogP contribution in [0, 0.1) is 0 Å². The van der Waals surface area contributed by atoms with E-state index >= 15 is 0 Å². The third-order valence-electron chi connectivity index (χ3n) is 5.23. The molecule has 7 heteroatoms. The first-order valence-electron chi connectivity index (χ1n) is 10.5. The molecular formula is C26H22BrN3O3. The number of nitrogens with one attached hydrogen (secondary N) is 3. The fourth-order valence-corrected chi connectivity index (χ4v) is 3.81. The second kappa shape index (κ2) is 10.3. The molecule has 0 aliphatic rings. The number of hydrogen-bond acceptors (Lipinski definition) is 3. The van der Waals surface area contributed by atoms with Crippen LogP contribution in [0.25, 0.3) is 10.9 Å². The standard InChI is InChI=1S/C26H22BrN3O3/c27-19-11-9-18(10-12-19)15-24(31)29-22-7-4-8-23-20(22)16-21(26(33)30-23)25(32)28-14-13-17-5-2-1-3-6-17/h1-12,16H,13-15H2,(H,28,32)(H,29,31)(H,30,33). The summed E-state index contributed by atoms with van der Waals surface area (Å²) < 4.78 is 0.944. The number of benzene rings is 3. The number of aromatic nitrogens is 1. The van der Waals surface area contributed by atoms with Gasteiger partial charge in [-0.1, -0.05) is 64.5 Å². The summed E-state index contributed by atoms with van der Waals surface area (Å²) >= 11 is 3.38. The highest BCUT2D eigenvalue weighted by Crippen LogP contribution is 2.22. The first kappa shape index (κ1) is 22.5. The molecule has 6 nitrogen and oxygen atoms in total. The minimum absolute atomic E-state index is 0.00479. The van der Waals surface area contributed by atoms with Crippen LogP contribution < -0.4 is 16.2 Å². The molecule has 0 saturated carbocycles. The number of H-pyrrole nitrogens is 1. The highest BCUT2D eigenvalue weighted by atomic mass is 79.9. The number of anilines is 1. The Kier molecular flexibility index (Phi) is 7.00. The summed E-state index contributed by atoms with van der Waals surface area (Å²) in [6.07, 6.45) is 0.870. The molecule has 0 spiro atoms. The average Bonchev–Trinajstić information content (AvgIpc) is 2.81. The van der Waals surface area contributed by atoms with Crippen molar-refractivity contribution in [2.75, 3.05) is 11.9 Å². The van der Waals surface area contributed by atoms with Gasteiger partial charge in [0, 0.05) is 16.4 Å². The fraction of sp³-hybridized carbons (Fsp3) is 0.115. The number of hydrogen-bond donors (Lipinski definition) is 3. The maximum absolute atomic E-state index is 12.7. The number of carbonyl (C=O) groups is 2. The van der Waals surface area contributed by atoms with Crippen LogP contribution in [0.5, 0.6) is 0 Å². The van der Waals surface area contributed by atoms with E-state index in [2.05, 4.69) is 31.5 Å². The van der Waals surface area contributed by atoms with Gasteiger partial charge in [-0.3, -0.25) is 14.4 Å². The lowest BCUT2D eigenvalue weighted by Gasteiger charge is -2.11. The van der Waals surface area contributed by atoms with E-state index in [0.717, 1.165) is 15.6 Å². The zero-order valence-corrected chi connectivity index (χ0v) is 19.3. The zero-order valence-electron chi connectivity index (χ0n) is 17.7. The van der Waals surface area contributed by atoms with Crippen molar-refractivity contribution >= 4 is 44.3 Å². The zero-order chi connectivity index (χ0) is 23.2. The molecule has 0 aliphatic carbocycles. The molecule has 3 N–H and O–H groups in total. The summed E-state index contributed by atoms with van der Waals surface area (Å²) in [6, 6.07) is 24.1. The van der Waals surface area contributed by atoms with Gasteiger partial charge in [-0.25, -0.2) is 0 Å². The molecule has 2 amide bonds.